The number of ether oxygens (including phenoxy) is 1. The lowest BCUT2D eigenvalue weighted by Crippen LogP contribution is -2.58. The summed E-state index contributed by atoms with van der Waals surface area (Å²) in [6.45, 7) is -0.862. The molecule has 10 heteroatoms. The molecule has 2 aromatic rings. The van der Waals surface area contributed by atoms with E-state index in [4.69, 9.17) is 18.3 Å². The van der Waals surface area contributed by atoms with Gasteiger partial charge in [-0.3, -0.25) is 13.6 Å². The molecule has 164 valence electrons. The molecule has 0 aromatic heterocycles. The number of aliphatic hydroxyl groups excluding tert-OH is 4. The van der Waals surface area contributed by atoms with Crippen LogP contribution in [0.1, 0.15) is 11.1 Å². The number of phosphoric ester groups is 1. The second-order valence-corrected chi connectivity index (χ2v) is 8.39. The average Bonchev–Trinajstić information content (AvgIpc) is 2.78. The van der Waals surface area contributed by atoms with Crippen LogP contribution in [0.15, 0.2) is 60.7 Å². The molecular formula is C20H25O9P. The van der Waals surface area contributed by atoms with Crippen molar-refractivity contribution in [3.05, 3.63) is 71.8 Å². The zero-order valence-electron chi connectivity index (χ0n) is 16.1. The number of aliphatic hydroxyl groups is 4. The summed E-state index contributed by atoms with van der Waals surface area (Å²) in [6.07, 6.45) is -7.86. The van der Waals surface area contributed by atoms with Crippen LogP contribution >= 0.6 is 7.82 Å². The average molecular weight is 440 g/mol. The van der Waals surface area contributed by atoms with Crippen LogP contribution in [0.5, 0.6) is 0 Å². The Labute approximate surface area is 174 Å². The maximum Gasteiger partial charge on any atom is 0.477 e. The van der Waals surface area contributed by atoms with Gasteiger partial charge in [-0.2, -0.15) is 0 Å². The van der Waals surface area contributed by atoms with Crippen LogP contribution in [0.25, 0.3) is 0 Å². The molecule has 0 saturated carbocycles. The molecule has 0 aliphatic carbocycles. The number of benzene rings is 2. The van der Waals surface area contributed by atoms with Gasteiger partial charge >= 0.3 is 7.82 Å². The zero-order valence-corrected chi connectivity index (χ0v) is 17.0. The first kappa shape index (κ1) is 23.0. The SMILES string of the molecule is O=P(OCc1ccccc1)(OCc1ccccc1)O[C@H]1O[C@H](CO)[C@@H](O)[C@H](O)[C@H]1O. The number of rotatable bonds is 9. The smallest absolute Gasteiger partial charge is 0.394 e. The summed E-state index contributed by atoms with van der Waals surface area (Å²) in [4.78, 5) is 0. The number of hydrogen-bond acceptors (Lipinski definition) is 9. The summed E-state index contributed by atoms with van der Waals surface area (Å²) in [7, 11) is -4.30. The van der Waals surface area contributed by atoms with Gasteiger partial charge in [-0.05, 0) is 11.1 Å². The van der Waals surface area contributed by atoms with E-state index in [-0.39, 0.29) is 13.2 Å². The summed E-state index contributed by atoms with van der Waals surface area (Å²) in [5, 5.41) is 39.3. The van der Waals surface area contributed by atoms with Crippen molar-refractivity contribution in [2.24, 2.45) is 0 Å². The van der Waals surface area contributed by atoms with Crippen molar-refractivity contribution in [1.82, 2.24) is 0 Å². The fraction of sp³-hybridized carbons (Fsp3) is 0.400. The Balaban J connectivity index is 1.74. The molecule has 1 heterocycles. The van der Waals surface area contributed by atoms with Gasteiger partial charge in [0.1, 0.15) is 24.4 Å². The molecule has 3 rings (SSSR count). The Kier molecular flexibility index (Phi) is 8.13. The molecule has 4 N–H and O–H groups in total. The first-order chi connectivity index (χ1) is 14.4. The van der Waals surface area contributed by atoms with E-state index in [9.17, 15) is 25.0 Å². The van der Waals surface area contributed by atoms with Crippen LogP contribution in [0.2, 0.25) is 0 Å². The first-order valence-electron chi connectivity index (χ1n) is 9.38. The molecular weight excluding hydrogens is 415 g/mol. The van der Waals surface area contributed by atoms with Gasteiger partial charge in [0, 0.05) is 0 Å². The molecule has 2 aromatic carbocycles. The summed E-state index contributed by atoms with van der Waals surface area (Å²) < 4.78 is 34.8. The Bertz CT molecular complexity index is 770. The van der Waals surface area contributed by atoms with Crippen molar-refractivity contribution >= 4 is 7.82 Å². The largest absolute Gasteiger partial charge is 0.477 e. The van der Waals surface area contributed by atoms with E-state index in [1.165, 1.54) is 0 Å². The molecule has 1 fully saturated rings. The third-order valence-corrected chi connectivity index (χ3v) is 5.90. The van der Waals surface area contributed by atoms with Crippen molar-refractivity contribution in [2.45, 2.75) is 43.9 Å². The van der Waals surface area contributed by atoms with E-state index in [2.05, 4.69) is 0 Å². The molecule has 9 nitrogen and oxygen atoms in total. The lowest BCUT2D eigenvalue weighted by atomic mass is 10.00. The highest BCUT2D eigenvalue weighted by molar-refractivity contribution is 7.48. The highest BCUT2D eigenvalue weighted by Gasteiger charge is 2.47. The van der Waals surface area contributed by atoms with E-state index >= 15 is 0 Å². The minimum Gasteiger partial charge on any atom is -0.394 e. The third-order valence-electron chi connectivity index (χ3n) is 4.55. The van der Waals surface area contributed by atoms with Gasteiger partial charge in [-0.15, -0.1) is 0 Å². The maximum absolute atomic E-state index is 13.3. The molecule has 0 spiro atoms. The molecule has 1 aliphatic rings. The van der Waals surface area contributed by atoms with Crippen molar-refractivity contribution < 1.29 is 43.3 Å². The van der Waals surface area contributed by atoms with Crippen LogP contribution < -0.4 is 0 Å². The first-order valence-corrected chi connectivity index (χ1v) is 10.8. The highest BCUT2D eigenvalue weighted by Crippen LogP contribution is 2.53. The molecule has 0 radical (unpaired) electrons. The number of phosphoric acid groups is 1. The molecule has 0 amide bonds. The Morgan fingerprint density at radius 1 is 0.800 bits per heavy atom. The molecule has 1 aliphatic heterocycles. The van der Waals surface area contributed by atoms with Crippen molar-refractivity contribution in [3.63, 3.8) is 0 Å². The second-order valence-electron chi connectivity index (χ2n) is 6.77. The summed E-state index contributed by atoms with van der Waals surface area (Å²) >= 11 is 0. The maximum atomic E-state index is 13.3. The quantitative estimate of drug-likeness (QED) is 0.426. The summed E-state index contributed by atoms with van der Waals surface area (Å²) in [6, 6.07) is 17.8. The van der Waals surface area contributed by atoms with Gasteiger partial charge in [0.05, 0.1) is 19.8 Å². The Morgan fingerprint density at radius 2 is 1.30 bits per heavy atom. The van der Waals surface area contributed by atoms with Crippen LogP contribution in [-0.4, -0.2) is 57.7 Å². The second kappa shape index (κ2) is 10.6. The highest BCUT2D eigenvalue weighted by atomic mass is 31.2. The van der Waals surface area contributed by atoms with Gasteiger partial charge in [-0.25, -0.2) is 4.57 Å². The van der Waals surface area contributed by atoms with Crippen LogP contribution in [0.4, 0.5) is 0 Å². The Morgan fingerprint density at radius 3 is 1.77 bits per heavy atom. The van der Waals surface area contributed by atoms with Crippen molar-refractivity contribution in [3.8, 4) is 0 Å². The molecule has 30 heavy (non-hydrogen) atoms. The summed E-state index contributed by atoms with van der Waals surface area (Å²) in [5.74, 6) is 0. The van der Waals surface area contributed by atoms with E-state index in [1.54, 1.807) is 48.5 Å². The van der Waals surface area contributed by atoms with Crippen LogP contribution in [0.3, 0.4) is 0 Å². The molecule has 1 saturated heterocycles. The van der Waals surface area contributed by atoms with E-state index in [1.807, 2.05) is 12.1 Å². The van der Waals surface area contributed by atoms with Crippen LogP contribution in [0, 0.1) is 0 Å². The van der Waals surface area contributed by atoms with E-state index in [0.29, 0.717) is 11.1 Å². The van der Waals surface area contributed by atoms with Crippen LogP contribution in [-0.2, 0) is 36.1 Å². The van der Waals surface area contributed by atoms with Gasteiger partial charge in [0.25, 0.3) is 0 Å². The predicted molar refractivity (Wildman–Crippen MR) is 105 cm³/mol. The minimum absolute atomic E-state index is 0.107. The van der Waals surface area contributed by atoms with E-state index < -0.39 is 45.1 Å². The van der Waals surface area contributed by atoms with Gasteiger partial charge in [0.15, 0.2) is 6.29 Å². The standard InChI is InChI=1S/C20H25O9P/c21-11-16-17(22)18(23)19(24)20(28-16)29-30(25,26-12-14-7-3-1-4-8-14)27-13-15-9-5-2-6-10-15/h1-10,16-24H,11-13H2/t16-,17-,18+,19-,20-/m1/s1. The van der Waals surface area contributed by atoms with Gasteiger partial charge in [0.2, 0.25) is 0 Å². The Hall–Kier alpha value is -1.65. The molecule has 5 atom stereocenters. The molecule has 0 bridgehead atoms. The monoisotopic (exact) mass is 440 g/mol. The normalized spacial score (nSPS) is 27.1. The van der Waals surface area contributed by atoms with Gasteiger partial charge in [-0.1, -0.05) is 60.7 Å². The molecule has 0 unspecified atom stereocenters. The minimum atomic E-state index is -4.30. The number of hydrogen-bond donors (Lipinski definition) is 4. The lowest BCUT2D eigenvalue weighted by molar-refractivity contribution is -0.281. The third kappa shape index (κ3) is 5.95. The topological polar surface area (TPSA) is 135 Å². The fourth-order valence-corrected chi connectivity index (χ4v) is 4.07. The van der Waals surface area contributed by atoms with Gasteiger partial charge < -0.3 is 25.2 Å². The fourth-order valence-electron chi connectivity index (χ4n) is 2.84. The van der Waals surface area contributed by atoms with E-state index in [0.717, 1.165) is 0 Å². The predicted octanol–water partition coefficient (Wildman–Crippen LogP) is 1.34. The van der Waals surface area contributed by atoms with Crippen molar-refractivity contribution in [2.75, 3.05) is 6.61 Å². The summed E-state index contributed by atoms with van der Waals surface area (Å²) in [5.41, 5.74) is 1.41. The van der Waals surface area contributed by atoms with Crippen molar-refractivity contribution in [1.29, 1.82) is 0 Å². The zero-order chi connectivity index (χ0) is 21.6. The lowest BCUT2D eigenvalue weighted by Gasteiger charge is -2.40.